The standard InChI is InChI=1S/C17H15N3O/c1-21-16-9-5-3-7-14(16)12-18-20-17-11-10-13-6-2-4-8-15(13)19-17/h2-12H,1H3,(H,19,20)/b18-12-. The molecule has 0 radical (unpaired) electrons. The highest BCUT2D eigenvalue weighted by Gasteiger charge is 1.98. The molecule has 21 heavy (non-hydrogen) atoms. The summed E-state index contributed by atoms with van der Waals surface area (Å²) in [5, 5.41) is 5.32. The van der Waals surface area contributed by atoms with Crippen LogP contribution in [0.5, 0.6) is 5.75 Å². The first-order valence-electron chi connectivity index (χ1n) is 6.65. The number of fused-ring (bicyclic) bond motifs is 1. The predicted octanol–water partition coefficient (Wildman–Crippen LogP) is 3.69. The third-order valence-electron chi connectivity index (χ3n) is 3.12. The second-order valence-electron chi connectivity index (χ2n) is 4.50. The lowest BCUT2D eigenvalue weighted by Gasteiger charge is -2.04. The summed E-state index contributed by atoms with van der Waals surface area (Å²) in [6.07, 6.45) is 1.72. The molecule has 1 aromatic heterocycles. The van der Waals surface area contributed by atoms with E-state index in [-0.39, 0.29) is 0 Å². The fourth-order valence-corrected chi connectivity index (χ4v) is 2.07. The minimum Gasteiger partial charge on any atom is -0.496 e. The number of pyridine rings is 1. The van der Waals surface area contributed by atoms with Gasteiger partial charge in [0.15, 0.2) is 0 Å². The van der Waals surface area contributed by atoms with Crippen molar-refractivity contribution < 1.29 is 4.74 Å². The third-order valence-corrected chi connectivity index (χ3v) is 3.12. The molecule has 0 aliphatic carbocycles. The summed E-state index contributed by atoms with van der Waals surface area (Å²) in [4.78, 5) is 4.49. The van der Waals surface area contributed by atoms with E-state index in [1.54, 1.807) is 13.3 Å². The maximum Gasteiger partial charge on any atom is 0.146 e. The van der Waals surface area contributed by atoms with Crippen molar-refractivity contribution in [3.63, 3.8) is 0 Å². The van der Waals surface area contributed by atoms with Crippen LogP contribution in [-0.2, 0) is 0 Å². The topological polar surface area (TPSA) is 46.5 Å². The van der Waals surface area contributed by atoms with Gasteiger partial charge < -0.3 is 4.74 Å². The monoisotopic (exact) mass is 277 g/mol. The Morgan fingerprint density at radius 2 is 1.81 bits per heavy atom. The highest BCUT2D eigenvalue weighted by atomic mass is 16.5. The van der Waals surface area contributed by atoms with Gasteiger partial charge in [0, 0.05) is 10.9 Å². The second kappa shape index (κ2) is 6.05. The van der Waals surface area contributed by atoms with E-state index in [0.717, 1.165) is 22.2 Å². The van der Waals surface area contributed by atoms with Gasteiger partial charge in [0.05, 0.1) is 18.8 Å². The predicted molar refractivity (Wildman–Crippen MR) is 86.0 cm³/mol. The number of para-hydroxylation sites is 2. The van der Waals surface area contributed by atoms with Crippen molar-refractivity contribution in [3.05, 3.63) is 66.2 Å². The van der Waals surface area contributed by atoms with E-state index in [4.69, 9.17) is 4.74 Å². The Morgan fingerprint density at radius 3 is 2.71 bits per heavy atom. The molecule has 0 aliphatic rings. The first-order valence-corrected chi connectivity index (χ1v) is 6.65. The van der Waals surface area contributed by atoms with E-state index in [1.165, 1.54) is 0 Å². The van der Waals surface area contributed by atoms with Crippen LogP contribution >= 0.6 is 0 Å². The molecule has 0 unspecified atom stereocenters. The Kier molecular flexibility index (Phi) is 3.78. The first-order chi connectivity index (χ1) is 10.4. The Bertz CT molecular complexity index is 784. The molecule has 104 valence electrons. The molecule has 0 atom stereocenters. The maximum absolute atomic E-state index is 5.27. The number of methoxy groups -OCH3 is 1. The van der Waals surface area contributed by atoms with E-state index in [2.05, 4.69) is 15.5 Å². The summed E-state index contributed by atoms with van der Waals surface area (Å²) < 4.78 is 5.27. The number of ether oxygens (including phenoxy) is 1. The van der Waals surface area contributed by atoms with Crippen LogP contribution < -0.4 is 10.2 Å². The van der Waals surface area contributed by atoms with Gasteiger partial charge in [-0.3, -0.25) is 5.43 Å². The quantitative estimate of drug-likeness (QED) is 0.584. The third kappa shape index (κ3) is 3.00. The number of nitrogens with one attached hydrogen (secondary N) is 1. The van der Waals surface area contributed by atoms with Crippen LogP contribution in [0.3, 0.4) is 0 Å². The van der Waals surface area contributed by atoms with Gasteiger partial charge in [0.2, 0.25) is 0 Å². The Hall–Kier alpha value is -2.88. The summed E-state index contributed by atoms with van der Waals surface area (Å²) in [6.45, 7) is 0. The molecule has 4 heteroatoms. The van der Waals surface area contributed by atoms with Gasteiger partial charge in [-0.15, -0.1) is 0 Å². The average molecular weight is 277 g/mol. The van der Waals surface area contributed by atoms with Crippen LogP contribution in [0.4, 0.5) is 5.82 Å². The van der Waals surface area contributed by atoms with Gasteiger partial charge in [0.25, 0.3) is 0 Å². The smallest absolute Gasteiger partial charge is 0.146 e. The lowest BCUT2D eigenvalue weighted by Crippen LogP contribution is -1.95. The fraction of sp³-hybridized carbons (Fsp3) is 0.0588. The minimum atomic E-state index is 0.708. The van der Waals surface area contributed by atoms with Crippen LogP contribution in [0.2, 0.25) is 0 Å². The fourth-order valence-electron chi connectivity index (χ4n) is 2.07. The number of aromatic nitrogens is 1. The van der Waals surface area contributed by atoms with Crippen molar-refractivity contribution in [1.82, 2.24) is 4.98 Å². The molecule has 4 nitrogen and oxygen atoms in total. The van der Waals surface area contributed by atoms with Crippen molar-refractivity contribution in [2.75, 3.05) is 12.5 Å². The Balaban J connectivity index is 1.78. The summed E-state index contributed by atoms with van der Waals surface area (Å²) in [5.41, 5.74) is 4.79. The minimum absolute atomic E-state index is 0.708. The molecule has 2 aromatic carbocycles. The zero-order valence-corrected chi connectivity index (χ0v) is 11.7. The molecule has 0 amide bonds. The Labute approximate surface area is 123 Å². The largest absolute Gasteiger partial charge is 0.496 e. The molecule has 1 heterocycles. The van der Waals surface area contributed by atoms with Crippen molar-refractivity contribution >= 4 is 22.9 Å². The van der Waals surface area contributed by atoms with Crippen LogP contribution in [0.15, 0.2) is 65.8 Å². The number of hydrazone groups is 1. The van der Waals surface area contributed by atoms with E-state index in [1.807, 2.05) is 60.7 Å². The number of hydrogen-bond donors (Lipinski definition) is 1. The number of nitrogens with zero attached hydrogens (tertiary/aromatic N) is 2. The molecule has 1 N–H and O–H groups in total. The Morgan fingerprint density at radius 1 is 1.00 bits per heavy atom. The molecule has 0 fully saturated rings. The van der Waals surface area contributed by atoms with Gasteiger partial charge in [-0.25, -0.2) is 4.98 Å². The van der Waals surface area contributed by atoms with Crippen LogP contribution in [0.25, 0.3) is 10.9 Å². The maximum atomic E-state index is 5.27. The summed E-state index contributed by atoms with van der Waals surface area (Å²) in [7, 11) is 1.64. The number of hydrogen-bond acceptors (Lipinski definition) is 4. The molecule has 0 aliphatic heterocycles. The van der Waals surface area contributed by atoms with E-state index < -0.39 is 0 Å². The van der Waals surface area contributed by atoms with Crippen LogP contribution in [0.1, 0.15) is 5.56 Å². The molecule has 0 spiro atoms. The van der Waals surface area contributed by atoms with Gasteiger partial charge in [-0.05, 0) is 30.3 Å². The van der Waals surface area contributed by atoms with E-state index >= 15 is 0 Å². The molecule has 0 saturated heterocycles. The molecular formula is C17H15N3O. The highest BCUT2D eigenvalue weighted by Crippen LogP contribution is 2.16. The molecule has 0 bridgehead atoms. The SMILES string of the molecule is COc1ccccc1/C=N\Nc1ccc2ccccc2n1. The van der Waals surface area contributed by atoms with Crippen molar-refractivity contribution in [2.45, 2.75) is 0 Å². The van der Waals surface area contributed by atoms with Crippen LogP contribution in [0, 0.1) is 0 Å². The van der Waals surface area contributed by atoms with Crippen molar-refractivity contribution in [1.29, 1.82) is 0 Å². The van der Waals surface area contributed by atoms with Crippen molar-refractivity contribution in [3.8, 4) is 5.75 Å². The normalized spacial score (nSPS) is 10.9. The number of benzene rings is 2. The van der Waals surface area contributed by atoms with Gasteiger partial charge >= 0.3 is 0 Å². The summed E-state index contributed by atoms with van der Waals surface area (Å²) in [6, 6.07) is 19.6. The number of anilines is 1. The second-order valence-corrected chi connectivity index (χ2v) is 4.50. The summed E-state index contributed by atoms with van der Waals surface area (Å²) >= 11 is 0. The van der Waals surface area contributed by atoms with E-state index in [9.17, 15) is 0 Å². The number of rotatable bonds is 4. The molecule has 3 aromatic rings. The molecule has 3 rings (SSSR count). The van der Waals surface area contributed by atoms with Crippen molar-refractivity contribution in [2.24, 2.45) is 5.10 Å². The zero-order chi connectivity index (χ0) is 14.5. The lowest BCUT2D eigenvalue weighted by molar-refractivity contribution is 0.414. The lowest BCUT2D eigenvalue weighted by atomic mass is 10.2. The molecular weight excluding hydrogens is 262 g/mol. The van der Waals surface area contributed by atoms with Gasteiger partial charge in [-0.1, -0.05) is 30.3 Å². The van der Waals surface area contributed by atoms with E-state index in [0.29, 0.717) is 5.82 Å². The summed E-state index contributed by atoms with van der Waals surface area (Å²) in [5.74, 6) is 1.49. The zero-order valence-electron chi connectivity index (χ0n) is 11.7. The van der Waals surface area contributed by atoms with Gasteiger partial charge in [0.1, 0.15) is 11.6 Å². The van der Waals surface area contributed by atoms with Crippen LogP contribution in [-0.4, -0.2) is 18.3 Å². The first kappa shape index (κ1) is 13.1. The highest BCUT2D eigenvalue weighted by molar-refractivity contribution is 5.84. The van der Waals surface area contributed by atoms with Gasteiger partial charge in [-0.2, -0.15) is 5.10 Å². The molecule has 0 saturated carbocycles. The average Bonchev–Trinajstić information content (AvgIpc) is 2.55.